The summed E-state index contributed by atoms with van der Waals surface area (Å²) in [5, 5.41) is -0.00356. The SMILES string of the molecule is O=C(CCc1cc(-c2ccc(C(F)(F)F)cn2)ccn1)[C@@H]1C2CCC(C2)N1S(=O)(=O)c1cc2cc(F)ccc2o1. The maximum absolute atomic E-state index is 13.7. The van der Waals surface area contributed by atoms with Crippen LogP contribution in [0.1, 0.15) is 36.9 Å². The summed E-state index contributed by atoms with van der Waals surface area (Å²) in [7, 11) is -4.16. The highest BCUT2D eigenvalue weighted by Gasteiger charge is 2.54. The van der Waals surface area contributed by atoms with Crippen LogP contribution in [0.4, 0.5) is 17.6 Å². The average molecular weight is 574 g/mol. The van der Waals surface area contributed by atoms with Crippen LogP contribution in [0.2, 0.25) is 0 Å². The number of aromatic nitrogens is 2. The van der Waals surface area contributed by atoms with Crippen LogP contribution < -0.4 is 0 Å². The van der Waals surface area contributed by atoms with E-state index in [0.29, 0.717) is 35.2 Å². The molecule has 6 rings (SSSR count). The maximum Gasteiger partial charge on any atom is 0.417 e. The number of alkyl halides is 3. The van der Waals surface area contributed by atoms with E-state index in [1.54, 1.807) is 12.1 Å². The summed E-state index contributed by atoms with van der Waals surface area (Å²) >= 11 is 0. The number of sulfonamides is 1. The third kappa shape index (κ3) is 4.79. The van der Waals surface area contributed by atoms with Gasteiger partial charge in [-0.2, -0.15) is 17.5 Å². The Kier molecular flexibility index (Phi) is 6.49. The number of carbonyl (C=O) groups excluding carboxylic acids is 1. The monoisotopic (exact) mass is 573 g/mol. The highest BCUT2D eigenvalue weighted by Crippen LogP contribution is 2.46. The van der Waals surface area contributed by atoms with Crippen LogP contribution in [0.3, 0.4) is 0 Å². The molecule has 1 aromatic carbocycles. The van der Waals surface area contributed by atoms with Crippen molar-refractivity contribution in [3.63, 3.8) is 0 Å². The number of nitrogens with zero attached hydrogens (tertiary/aromatic N) is 3. The molecule has 2 unspecified atom stereocenters. The van der Waals surface area contributed by atoms with Crippen molar-refractivity contribution in [2.24, 2.45) is 5.92 Å². The molecular formula is C28H23F4N3O4S. The van der Waals surface area contributed by atoms with Gasteiger partial charge in [0.05, 0.1) is 17.3 Å². The van der Waals surface area contributed by atoms with E-state index < -0.39 is 33.6 Å². The molecule has 12 heteroatoms. The number of furan rings is 1. The van der Waals surface area contributed by atoms with Crippen molar-refractivity contribution in [3.05, 3.63) is 78.0 Å². The van der Waals surface area contributed by atoms with Crippen molar-refractivity contribution in [3.8, 4) is 11.3 Å². The summed E-state index contributed by atoms with van der Waals surface area (Å²) in [6.07, 6.45) is -0.00946. The fourth-order valence-electron chi connectivity index (χ4n) is 5.82. The molecular weight excluding hydrogens is 550 g/mol. The first-order chi connectivity index (χ1) is 19.0. The zero-order chi connectivity index (χ0) is 28.2. The van der Waals surface area contributed by atoms with Crippen LogP contribution >= 0.6 is 0 Å². The molecule has 40 heavy (non-hydrogen) atoms. The van der Waals surface area contributed by atoms with Crippen molar-refractivity contribution < 1.29 is 35.2 Å². The first-order valence-corrected chi connectivity index (χ1v) is 14.2. The zero-order valence-corrected chi connectivity index (χ0v) is 21.8. The molecule has 3 atom stereocenters. The second-order valence-electron chi connectivity index (χ2n) is 10.2. The van der Waals surface area contributed by atoms with Crippen molar-refractivity contribution in [2.75, 3.05) is 0 Å². The minimum atomic E-state index is -4.49. The van der Waals surface area contributed by atoms with Gasteiger partial charge in [-0.05, 0) is 74.1 Å². The molecule has 4 heterocycles. The fourth-order valence-corrected chi connectivity index (χ4v) is 7.67. The Morgan fingerprint density at radius 1 is 1.05 bits per heavy atom. The van der Waals surface area contributed by atoms with E-state index in [0.717, 1.165) is 18.7 Å². The smallest absolute Gasteiger partial charge is 0.417 e. The quantitative estimate of drug-likeness (QED) is 0.260. The molecule has 0 amide bonds. The average Bonchev–Trinajstić information content (AvgIpc) is 3.66. The lowest BCUT2D eigenvalue weighted by Gasteiger charge is -2.32. The lowest BCUT2D eigenvalue weighted by atomic mass is 9.93. The second-order valence-corrected chi connectivity index (χ2v) is 12.0. The van der Waals surface area contributed by atoms with Gasteiger partial charge < -0.3 is 4.42 Å². The van der Waals surface area contributed by atoms with E-state index in [1.807, 2.05) is 0 Å². The highest BCUT2D eigenvalue weighted by atomic mass is 32.2. The third-order valence-electron chi connectivity index (χ3n) is 7.67. The lowest BCUT2D eigenvalue weighted by Crippen LogP contribution is -2.48. The van der Waals surface area contributed by atoms with Gasteiger partial charge in [-0.1, -0.05) is 0 Å². The Morgan fingerprint density at radius 2 is 1.88 bits per heavy atom. The molecule has 3 aromatic heterocycles. The molecule has 0 spiro atoms. The largest absolute Gasteiger partial charge is 0.443 e. The van der Waals surface area contributed by atoms with E-state index in [-0.39, 0.29) is 41.3 Å². The molecule has 2 fully saturated rings. The van der Waals surface area contributed by atoms with E-state index in [4.69, 9.17) is 4.42 Å². The number of halogens is 4. The van der Waals surface area contributed by atoms with Crippen molar-refractivity contribution in [1.82, 2.24) is 14.3 Å². The first kappa shape index (κ1) is 26.6. The van der Waals surface area contributed by atoms with Gasteiger partial charge in [0, 0.05) is 47.6 Å². The van der Waals surface area contributed by atoms with Gasteiger partial charge in [-0.25, -0.2) is 12.8 Å². The first-order valence-electron chi connectivity index (χ1n) is 12.7. The van der Waals surface area contributed by atoms with Gasteiger partial charge in [-0.15, -0.1) is 0 Å². The standard InChI is InChI=1S/C28H23F4N3O4S/c29-20-3-8-25-18(11-20)14-26(39-25)40(37,38)35-22-5-1-17(13-22)27(35)24(36)7-4-21-12-16(9-10-33-21)23-6-2-19(15-34-23)28(30,31)32/h2-3,6,8-12,14-15,17,22,27H,1,4-5,7,13H2/t17?,22?,27-/m0/s1. The predicted octanol–water partition coefficient (Wildman–Crippen LogP) is 5.79. The van der Waals surface area contributed by atoms with E-state index in [1.165, 1.54) is 40.8 Å². The molecule has 2 bridgehead atoms. The lowest BCUT2D eigenvalue weighted by molar-refractivity contribution is -0.137. The van der Waals surface area contributed by atoms with Crippen LogP contribution in [0.25, 0.3) is 22.2 Å². The van der Waals surface area contributed by atoms with Crippen molar-refractivity contribution in [2.45, 2.75) is 55.5 Å². The molecule has 1 saturated heterocycles. The predicted molar refractivity (Wildman–Crippen MR) is 136 cm³/mol. The third-order valence-corrected chi connectivity index (χ3v) is 9.46. The number of carbonyl (C=O) groups is 1. The van der Waals surface area contributed by atoms with Gasteiger partial charge in [0.15, 0.2) is 5.78 Å². The Balaban J connectivity index is 1.20. The summed E-state index contributed by atoms with van der Waals surface area (Å²) in [6.45, 7) is 0. The van der Waals surface area contributed by atoms with E-state index in [2.05, 4.69) is 9.97 Å². The summed E-state index contributed by atoms with van der Waals surface area (Å²) in [4.78, 5) is 21.7. The minimum absolute atomic E-state index is 0.0299. The second kappa shape index (κ2) is 9.77. The normalized spacial score (nSPS) is 21.4. The number of aryl methyl sites for hydroxylation is 1. The number of pyridine rings is 2. The van der Waals surface area contributed by atoms with Gasteiger partial charge in [-0.3, -0.25) is 14.8 Å². The summed E-state index contributed by atoms with van der Waals surface area (Å²) in [5.74, 6) is -0.861. The number of ketones is 1. The number of benzene rings is 1. The number of hydrogen-bond acceptors (Lipinski definition) is 6. The molecule has 2 aliphatic rings. The van der Waals surface area contributed by atoms with Crippen molar-refractivity contribution in [1.29, 1.82) is 0 Å². The van der Waals surface area contributed by atoms with Crippen LogP contribution in [0.15, 0.2) is 70.4 Å². The number of piperidine rings is 1. The molecule has 1 aliphatic carbocycles. The van der Waals surface area contributed by atoms with E-state index in [9.17, 15) is 30.8 Å². The van der Waals surface area contributed by atoms with Crippen LogP contribution in [0, 0.1) is 11.7 Å². The van der Waals surface area contributed by atoms with Gasteiger partial charge in [0.1, 0.15) is 11.4 Å². The topological polar surface area (TPSA) is 93.4 Å². The van der Waals surface area contributed by atoms with Gasteiger partial charge >= 0.3 is 6.18 Å². The number of hydrogen-bond donors (Lipinski definition) is 0. The Bertz CT molecular complexity index is 1700. The molecule has 1 saturated carbocycles. The van der Waals surface area contributed by atoms with E-state index >= 15 is 0 Å². The summed E-state index contributed by atoms with van der Waals surface area (Å²) in [6, 6.07) is 9.37. The van der Waals surface area contributed by atoms with Crippen LogP contribution in [-0.4, -0.2) is 40.6 Å². The molecule has 0 radical (unpaired) electrons. The number of Topliss-reactive ketones (excluding diaryl/α,β-unsaturated/α-hetero) is 1. The van der Waals surface area contributed by atoms with Crippen LogP contribution in [0.5, 0.6) is 0 Å². The Morgan fingerprint density at radius 3 is 2.62 bits per heavy atom. The Hall–Kier alpha value is -3.64. The Labute approximate surface area is 226 Å². The van der Waals surface area contributed by atoms with Crippen LogP contribution in [-0.2, 0) is 27.4 Å². The maximum atomic E-state index is 13.7. The molecule has 4 aromatic rings. The zero-order valence-electron chi connectivity index (χ0n) is 20.9. The molecule has 208 valence electrons. The molecule has 1 aliphatic heterocycles. The minimum Gasteiger partial charge on any atom is -0.443 e. The number of rotatable bonds is 7. The molecule has 7 nitrogen and oxygen atoms in total. The van der Waals surface area contributed by atoms with Crippen molar-refractivity contribution >= 4 is 26.8 Å². The highest BCUT2D eigenvalue weighted by molar-refractivity contribution is 7.89. The van der Waals surface area contributed by atoms with Gasteiger partial charge in [0.2, 0.25) is 5.09 Å². The summed E-state index contributed by atoms with van der Waals surface area (Å²) < 4.78 is 86.4. The summed E-state index contributed by atoms with van der Waals surface area (Å²) in [5.41, 5.74) is 0.803. The fraction of sp³-hybridized carbons (Fsp3) is 0.321. The molecule has 0 N–H and O–H groups in total. The van der Waals surface area contributed by atoms with Gasteiger partial charge in [0.25, 0.3) is 10.0 Å². The number of fused-ring (bicyclic) bond motifs is 3.